The van der Waals surface area contributed by atoms with Crippen LogP contribution in [-0.2, 0) is 13.0 Å². The highest BCUT2D eigenvalue weighted by Crippen LogP contribution is 2.15. The first-order valence-corrected chi connectivity index (χ1v) is 6.39. The van der Waals surface area contributed by atoms with Gasteiger partial charge in [0, 0.05) is 12.5 Å². The van der Waals surface area contributed by atoms with Crippen LogP contribution in [0.1, 0.15) is 11.3 Å². The molecule has 0 bridgehead atoms. The molecule has 1 aromatic carbocycles. The lowest BCUT2D eigenvalue weighted by Gasteiger charge is -2.07. The van der Waals surface area contributed by atoms with Gasteiger partial charge in [-0.2, -0.15) is 0 Å². The normalized spacial score (nSPS) is 11.2. The fraction of sp³-hybridized carbons (Fsp3) is 0.200. The van der Waals surface area contributed by atoms with Gasteiger partial charge in [0.15, 0.2) is 0 Å². The number of nitrogens with two attached hydrogens (primary N) is 1. The summed E-state index contributed by atoms with van der Waals surface area (Å²) >= 11 is 0. The molecule has 21 heavy (non-hydrogen) atoms. The van der Waals surface area contributed by atoms with Crippen LogP contribution in [0.15, 0.2) is 47.6 Å². The fourth-order valence-corrected chi connectivity index (χ4v) is 1.76. The van der Waals surface area contributed by atoms with Crippen molar-refractivity contribution in [3.63, 3.8) is 0 Å². The Morgan fingerprint density at radius 1 is 1.24 bits per heavy atom. The molecule has 0 spiro atoms. The topological polar surface area (TPSA) is 90.0 Å². The van der Waals surface area contributed by atoms with Gasteiger partial charge in [-0.15, -0.1) is 0 Å². The zero-order valence-electron chi connectivity index (χ0n) is 11.7. The number of ether oxygens (including phenoxy) is 2. The smallest absolute Gasteiger partial charge is 0.213 e. The van der Waals surface area contributed by atoms with Crippen LogP contribution in [0.4, 0.5) is 0 Å². The molecule has 3 N–H and O–H groups in total. The van der Waals surface area contributed by atoms with Gasteiger partial charge in [0.1, 0.15) is 18.2 Å². The molecule has 2 rings (SSSR count). The van der Waals surface area contributed by atoms with Crippen LogP contribution in [0.25, 0.3) is 0 Å². The summed E-state index contributed by atoms with van der Waals surface area (Å²) in [5.74, 6) is 1.46. The summed E-state index contributed by atoms with van der Waals surface area (Å²) in [6.45, 7) is 0.358. The Hall–Kier alpha value is -2.76. The minimum absolute atomic E-state index is 0.171. The SMILES string of the molecule is COc1cccc(COc2ccc(CC(N)=NO)cc2)n1. The number of hydrogen-bond acceptors (Lipinski definition) is 5. The Morgan fingerprint density at radius 2 is 2.00 bits per heavy atom. The van der Waals surface area contributed by atoms with Crippen molar-refractivity contribution >= 4 is 5.84 Å². The maximum atomic E-state index is 8.52. The van der Waals surface area contributed by atoms with E-state index in [-0.39, 0.29) is 5.84 Å². The zero-order chi connectivity index (χ0) is 15.1. The van der Waals surface area contributed by atoms with Gasteiger partial charge < -0.3 is 20.4 Å². The first-order valence-electron chi connectivity index (χ1n) is 6.39. The number of pyridine rings is 1. The Morgan fingerprint density at radius 3 is 2.67 bits per heavy atom. The summed E-state index contributed by atoms with van der Waals surface area (Å²) in [6, 6.07) is 12.9. The molecule has 1 heterocycles. The van der Waals surface area contributed by atoms with E-state index in [1.54, 1.807) is 13.2 Å². The van der Waals surface area contributed by atoms with Crippen molar-refractivity contribution in [1.82, 2.24) is 4.98 Å². The van der Waals surface area contributed by atoms with Gasteiger partial charge in [-0.05, 0) is 23.8 Å². The molecule has 1 aromatic heterocycles. The summed E-state index contributed by atoms with van der Waals surface area (Å²) in [5, 5.41) is 11.5. The average Bonchev–Trinajstić information content (AvgIpc) is 2.54. The lowest BCUT2D eigenvalue weighted by Crippen LogP contribution is -2.14. The van der Waals surface area contributed by atoms with Gasteiger partial charge in [0.05, 0.1) is 12.8 Å². The van der Waals surface area contributed by atoms with E-state index < -0.39 is 0 Å². The number of nitrogens with zero attached hydrogens (tertiary/aromatic N) is 2. The lowest BCUT2D eigenvalue weighted by molar-refractivity contribution is 0.298. The van der Waals surface area contributed by atoms with Gasteiger partial charge in [-0.3, -0.25) is 0 Å². The third-order valence-corrected chi connectivity index (χ3v) is 2.81. The number of methoxy groups -OCH3 is 1. The molecule has 0 aliphatic carbocycles. The molecule has 0 unspecified atom stereocenters. The molecule has 0 aliphatic rings. The summed E-state index contributed by atoms with van der Waals surface area (Å²) < 4.78 is 10.7. The van der Waals surface area contributed by atoms with Crippen LogP contribution in [0.2, 0.25) is 0 Å². The summed E-state index contributed by atoms with van der Waals surface area (Å²) in [6.07, 6.45) is 0.397. The highest BCUT2D eigenvalue weighted by molar-refractivity contribution is 5.82. The summed E-state index contributed by atoms with van der Waals surface area (Å²) in [5.41, 5.74) is 7.18. The second kappa shape index (κ2) is 7.14. The molecule has 6 nitrogen and oxygen atoms in total. The molecule has 0 radical (unpaired) electrons. The second-order valence-corrected chi connectivity index (χ2v) is 4.37. The highest BCUT2D eigenvalue weighted by Gasteiger charge is 2.01. The second-order valence-electron chi connectivity index (χ2n) is 4.37. The summed E-state index contributed by atoms with van der Waals surface area (Å²) in [4.78, 5) is 4.27. The number of oxime groups is 1. The van der Waals surface area contributed by atoms with Crippen molar-refractivity contribution in [3.8, 4) is 11.6 Å². The number of hydrogen-bond donors (Lipinski definition) is 2. The zero-order valence-corrected chi connectivity index (χ0v) is 11.7. The van der Waals surface area contributed by atoms with E-state index in [9.17, 15) is 0 Å². The minimum Gasteiger partial charge on any atom is -0.487 e. The first-order chi connectivity index (χ1) is 10.2. The Labute approximate surface area is 122 Å². The molecule has 6 heteroatoms. The number of amidine groups is 1. The largest absolute Gasteiger partial charge is 0.487 e. The van der Waals surface area contributed by atoms with Crippen molar-refractivity contribution in [2.45, 2.75) is 13.0 Å². The maximum Gasteiger partial charge on any atom is 0.213 e. The van der Waals surface area contributed by atoms with Crippen LogP contribution >= 0.6 is 0 Å². The molecule has 0 atom stereocenters. The molecule has 0 aliphatic heterocycles. The molecule has 2 aromatic rings. The van der Waals surface area contributed by atoms with Crippen molar-refractivity contribution in [2.24, 2.45) is 10.9 Å². The molecule has 0 saturated heterocycles. The van der Waals surface area contributed by atoms with Gasteiger partial charge in [0.2, 0.25) is 5.88 Å². The third-order valence-electron chi connectivity index (χ3n) is 2.81. The van der Waals surface area contributed by atoms with Gasteiger partial charge in [-0.25, -0.2) is 4.98 Å². The Kier molecular flexibility index (Phi) is 4.98. The number of aromatic nitrogens is 1. The van der Waals surface area contributed by atoms with Crippen LogP contribution in [-0.4, -0.2) is 23.1 Å². The minimum atomic E-state index is 0.171. The Bertz CT molecular complexity index is 612. The number of benzene rings is 1. The van der Waals surface area contributed by atoms with Gasteiger partial charge >= 0.3 is 0 Å². The van der Waals surface area contributed by atoms with E-state index >= 15 is 0 Å². The Balaban J connectivity index is 1.94. The fourth-order valence-electron chi connectivity index (χ4n) is 1.76. The van der Waals surface area contributed by atoms with E-state index in [0.29, 0.717) is 18.9 Å². The van der Waals surface area contributed by atoms with Crippen molar-refractivity contribution in [2.75, 3.05) is 7.11 Å². The van der Waals surface area contributed by atoms with E-state index in [1.165, 1.54) is 0 Å². The highest BCUT2D eigenvalue weighted by atomic mass is 16.5. The standard InChI is InChI=1S/C15H17N3O3/c1-20-15-4-2-3-12(17-15)10-21-13-7-5-11(6-8-13)9-14(16)18-19/h2-8,19H,9-10H2,1H3,(H2,16,18). The maximum absolute atomic E-state index is 8.52. The lowest BCUT2D eigenvalue weighted by atomic mass is 10.1. The number of rotatable bonds is 6. The predicted octanol–water partition coefficient (Wildman–Crippen LogP) is 1.96. The monoisotopic (exact) mass is 287 g/mol. The van der Waals surface area contributed by atoms with E-state index in [0.717, 1.165) is 17.0 Å². The van der Waals surface area contributed by atoms with Crippen LogP contribution in [0.3, 0.4) is 0 Å². The first kappa shape index (κ1) is 14.6. The van der Waals surface area contributed by atoms with Gasteiger partial charge in [0.25, 0.3) is 0 Å². The van der Waals surface area contributed by atoms with Crippen LogP contribution in [0.5, 0.6) is 11.6 Å². The third kappa shape index (κ3) is 4.38. The van der Waals surface area contributed by atoms with E-state index in [2.05, 4.69) is 10.1 Å². The average molecular weight is 287 g/mol. The molecule has 0 amide bonds. The molecular weight excluding hydrogens is 270 g/mol. The molecule has 0 fully saturated rings. The van der Waals surface area contributed by atoms with Crippen molar-refractivity contribution in [1.29, 1.82) is 0 Å². The van der Waals surface area contributed by atoms with Crippen LogP contribution < -0.4 is 15.2 Å². The van der Waals surface area contributed by atoms with Crippen LogP contribution in [0, 0.1) is 0 Å². The van der Waals surface area contributed by atoms with Crippen molar-refractivity contribution < 1.29 is 14.7 Å². The summed E-state index contributed by atoms with van der Waals surface area (Å²) in [7, 11) is 1.58. The van der Waals surface area contributed by atoms with Crippen molar-refractivity contribution in [3.05, 3.63) is 53.7 Å². The van der Waals surface area contributed by atoms with Gasteiger partial charge in [-0.1, -0.05) is 23.4 Å². The van der Waals surface area contributed by atoms with E-state index in [1.807, 2.05) is 36.4 Å². The molecular formula is C15H17N3O3. The predicted molar refractivity (Wildman–Crippen MR) is 78.7 cm³/mol. The quantitative estimate of drug-likeness (QED) is 0.367. The van der Waals surface area contributed by atoms with E-state index in [4.69, 9.17) is 20.4 Å². The molecule has 0 saturated carbocycles. The molecule has 110 valence electrons.